The molecule has 1 amide bonds. The van der Waals surface area contributed by atoms with Crippen LogP contribution >= 0.6 is 0 Å². The molecular formula is C20H19F2N7O. The van der Waals surface area contributed by atoms with Gasteiger partial charge in [0.1, 0.15) is 12.0 Å². The quantitative estimate of drug-likeness (QED) is 0.478. The predicted octanol–water partition coefficient (Wildman–Crippen LogP) is 3.04. The summed E-state index contributed by atoms with van der Waals surface area (Å²) in [5, 5.41) is 10.2. The van der Waals surface area contributed by atoms with E-state index in [1.807, 2.05) is 0 Å². The maximum absolute atomic E-state index is 15.1. The molecule has 1 aliphatic carbocycles. The number of imidazole rings is 1. The third-order valence-corrected chi connectivity index (χ3v) is 5.47. The summed E-state index contributed by atoms with van der Waals surface area (Å²) in [7, 11) is 0. The van der Waals surface area contributed by atoms with E-state index in [2.05, 4.69) is 25.5 Å². The molecule has 0 radical (unpaired) electrons. The van der Waals surface area contributed by atoms with Gasteiger partial charge in [0.05, 0.1) is 35.7 Å². The first-order valence-electron chi connectivity index (χ1n) is 9.55. The van der Waals surface area contributed by atoms with Gasteiger partial charge in [0.25, 0.3) is 0 Å². The van der Waals surface area contributed by atoms with Crippen LogP contribution in [0.3, 0.4) is 0 Å². The standard InChI is InChI=1S/C20H19F2N7O/c1-8-16(11-4-25-28-19(11)17(9(2)23)18(8)22)13-6-29-7-14(26-15(29)5-24-13)27-20(30)10-3-12(10)21/h4-7,9-10,12H,3,23H2,1-2H3,(H,25,28)(H,27,30). The van der Waals surface area contributed by atoms with E-state index in [0.29, 0.717) is 44.8 Å². The van der Waals surface area contributed by atoms with Crippen molar-refractivity contribution in [3.63, 3.8) is 0 Å². The summed E-state index contributed by atoms with van der Waals surface area (Å²) < 4.78 is 29.9. The van der Waals surface area contributed by atoms with Crippen LogP contribution in [0.4, 0.5) is 14.6 Å². The average Bonchev–Trinajstić information content (AvgIpc) is 3.08. The molecule has 0 spiro atoms. The number of benzene rings is 1. The van der Waals surface area contributed by atoms with Gasteiger partial charge < -0.3 is 15.5 Å². The molecule has 1 fully saturated rings. The Balaban J connectivity index is 1.59. The van der Waals surface area contributed by atoms with Gasteiger partial charge in [0, 0.05) is 28.8 Å². The number of alkyl halides is 1. The topological polar surface area (TPSA) is 114 Å². The number of carbonyl (C=O) groups excluding carboxylic acids is 1. The van der Waals surface area contributed by atoms with E-state index in [-0.39, 0.29) is 12.3 Å². The molecule has 10 heteroatoms. The van der Waals surface area contributed by atoms with Crippen LogP contribution in [0.5, 0.6) is 0 Å². The monoisotopic (exact) mass is 411 g/mol. The van der Waals surface area contributed by atoms with Crippen molar-refractivity contribution in [2.75, 3.05) is 5.32 Å². The number of fused-ring (bicyclic) bond motifs is 2. The van der Waals surface area contributed by atoms with Crippen molar-refractivity contribution in [1.29, 1.82) is 0 Å². The lowest BCUT2D eigenvalue weighted by Crippen LogP contribution is -2.15. The summed E-state index contributed by atoms with van der Waals surface area (Å²) in [4.78, 5) is 20.7. The number of nitrogens with one attached hydrogen (secondary N) is 2. The van der Waals surface area contributed by atoms with E-state index >= 15 is 4.39 Å². The average molecular weight is 411 g/mol. The first kappa shape index (κ1) is 18.6. The zero-order chi connectivity index (χ0) is 21.2. The van der Waals surface area contributed by atoms with Crippen molar-refractivity contribution in [2.45, 2.75) is 32.5 Å². The molecule has 3 aromatic heterocycles. The van der Waals surface area contributed by atoms with Crippen LogP contribution in [0.15, 0.2) is 24.8 Å². The Kier molecular flexibility index (Phi) is 4.07. The summed E-state index contributed by atoms with van der Waals surface area (Å²) in [6, 6.07) is -0.508. The van der Waals surface area contributed by atoms with Gasteiger partial charge in [-0.05, 0) is 25.8 Å². The van der Waals surface area contributed by atoms with Crippen molar-refractivity contribution in [3.05, 3.63) is 41.7 Å². The third kappa shape index (κ3) is 2.83. The molecule has 0 aliphatic heterocycles. The van der Waals surface area contributed by atoms with E-state index in [9.17, 15) is 9.18 Å². The molecule has 1 aliphatic rings. The normalized spacial score (nSPS) is 19.4. The number of aromatic nitrogens is 5. The molecule has 0 bridgehead atoms. The molecular weight excluding hydrogens is 392 g/mol. The lowest BCUT2D eigenvalue weighted by molar-refractivity contribution is -0.117. The second kappa shape index (κ2) is 6.56. The number of nitrogens with two attached hydrogens (primary N) is 1. The number of nitrogens with zero attached hydrogens (tertiary/aromatic N) is 4. The van der Waals surface area contributed by atoms with E-state index in [1.165, 1.54) is 6.20 Å². The molecule has 5 rings (SSSR count). The highest BCUT2D eigenvalue weighted by atomic mass is 19.1. The molecule has 1 saturated carbocycles. The molecule has 3 atom stereocenters. The van der Waals surface area contributed by atoms with Crippen molar-refractivity contribution < 1.29 is 13.6 Å². The number of aromatic amines is 1. The number of halogens is 2. The number of rotatable bonds is 4. The summed E-state index contributed by atoms with van der Waals surface area (Å²) in [5.41, 5.74) is 8.91. The first-order valence-corrected chi connectivity index (χ1v) is 9.55. The van der Waals surface area contributed by atoms with Crippen LogP contribution in [0, 0.1) is 18.7 Å². The van der Waals surface area contributed by atoms with Crippen LogP contribution in [0.1, 0.15) is 30.5 Å². The summed E-state index contributed by atoms with van der Waals surface area (Å²) in [5.74, 6) is -1.08. The highest BCUT2D eigenvalue weighted by Crippen LogP contribution is 2.37. The van der Waals surface area contributed by atoms with E-state index in [1.54, 1.807) is 36.8 Å². The third-order valence-electron chi connectivity index (χ3n) is 5.47. The minimum absolute atomic E-state index is 0.244. The largest absolute Gasteiger partial charge is 0.324 e. The summed E-state index contributed by atoms with van der Waals surface area (Å²) in [6.07, 6.45) is 5.63. The van der Waals surface area contributed by atoms with Crippen LogP contribution in [0.25, 0.3) is 27.8 Å². The Labute approximate surface area is 169 Å². The number of amides is 1. The van der Waals surface area contributed by atoms with Crippen LogP contribution in [0.2, 0.25) is 0 Å². The molecule has 4 N–H and O–H groups in total. The number of hydrogen-bond acceptors (Lipinski definition) is 5. The molecule has 3 heterocycles. The van der Waals surface area contributed by atoms with Gasteiger partial charge in [-0.3, -0.25) is 14.9 Å². The van der Waals surface area contributed by atoms with Gasteiger partial charge in [0.15, 0.2) is 11.5 Å². The van der Waals surface area contributed by atoms with Gasteiger partial charge in [0.2, 0.25) is 5.91 Å². The predicted molar refractivity (Wildman–Crippen MR) is 107 cm³/mol. The van der Waals surface area contributed by atoms with Crippen molar-refractivity contribution >= 4 is 28.3 Å². The fraction of sp³-hybridized carbons (Fsp3) is 0.300. The fourth-order valence-corrected chi connectivity index (χ4v) is 3.80. The van der Waals surface area contributed by atoms with Gasteiger partial charge in [-0.25, -0.2) is 13.8 Å². The maximum atomic E-state index is 15.1. The second-order valence-electron chi connectivity index (χ2n) is 7.69. The zero-order valence-corrected chi connectivity index (χ0v) is 16.3. The van der Waals surface area contributed by atoms with Gasteiger partial charge in [-0.15, -0.1) is 0 Å². The highest BCUT2D eigenvalue weighted by Gasteiger charge is 2.43. The Bertz CT molecular complexity index is 1310. The number of hydrogen-bond donors (Lipinski definition) is 3. The van der Waals surface area contributed by atoms with E-state index in [4.69, 9.17) is 5.73 Å². The van der Waals surface area contributed by atoms with Crippen LogP contribution < -0.4 is 11.1 Å². The molecule has 1 aromatic carbocycles. The SMILES string of the molecule is Cc1c(F)c(C(C)N)c2[nH]ncc2c1-c1cn2cc(NC(=O)C3CC3F)nc2cn1. The molecule has 154 valence electrons. The fourth-order valence-electron chi connectivity index (χ4n) is 3.80. The summed E-state index contributed by atoms with van der Waals surface area (Å²) in [6.45, 7) is 3.40. The summed E-state index contributed by atoms with van der Waals surface area (Å²) >= 11 is 0. The van der Waals surface area contributed by atoms with Crippen LogP contribution in [-0.2, 0) is 4.79 Å². The molecule has 3 unspecified atom stereocenters. The minimum Gasteiger partial charge on any atom is -0.324 e. The first-order chi connectivity index (χ1) is 14.3. The molecule has 30 heavy (non-hydrogen) atoms. The van der Waals surface area contributed by atoms with Crippen molar-refractivity contribution in [3.8, 4) is 11.3 Å². The molecule has 8 nitrogen and oxygen atoms in total. The lowest BCUT2D eigenvalue weighted by atomic mass is 9.94. The maximum Gasteiger partial charge on any atom is 0.231 e. The van der Waals surface area contributed by atoms with E-state index < -0.39 is 23.9 Å². The highest BCUT2D eigenvalue weighted by molar-refractivity contribution is 5.97. The number of carbonyl (C=O) groups is 1. The molecule has 0 saturated heterocycles. The number of H-pyrrole nitrogens is 1. The minimum atomic E-state index is -1.08. The Morgan fingerprint density at radius 3 is 2.87 bits per heavy atom. The second-order valence-corrected chi connectivity index (χ2v) is 7.69. The Morgan fingerprint density at radius 1 is 1.40 bits per heavy atom. The van der Waals surface area contributed by atoms with Crippen molar-refractivity contribution in [2.24, 2.45) is 11.7 Å². The lowest BCUT2D eigenvalue weighted by Gasteiger charge is -2.15. The number of anilines is 1. The smallest absolute Gasteiger partial charge is 0.231 e. The Morgan fingerprint density at radius 2 is 2.17 bits per heavy atom. The van der Waals surface area contributed by atoms with Crippen LogP contribution in [-0.4, -0.2) is 36.6 Å². The zero-order valence-electron chi connectivity index (χ0n) is 16.3. The van der Waals surface area contributed by atoms with E-state index in [0.717, 1.165) is 0 Å². The van der Waals surface area contributed by atoms with Gasteiger partial charge in [-0.1, -0.05) is 0 Å². The van der Waals surface area contributed by atoms with Crippen molar-refractivity contribution in [1.82, 2.24) is 24.6 Å². The van der Waals surface area contributed by atoms with Gasteiger partial charge >= 0.3 is 0 Å². The Hall–Kier alpha value is -3.40. The molecule has 4 aromatic rings. The van der Waals surface area contributed by atoms with Gasteiger partial charge in [-0.2, -0.15) is 5.10 Å².